The van der Waals surface area contributed by atoms with E-state index in [0.717, 1.165) is 17.7 Å². The fourth-order valence-corrected chi connectivity index (χ4v) is 3.31. The summed E-state index contributed by atoms with van der Waals surface area (Å²) in [6.45, 7) is 0.393. The SMILES string of the molecule is CNS(=O)(=O)c1ccc(C(=O)NC[C@H]2Cc3ccccc3O2)cc1. The number of fused-ring (bicyclic) bond motifs is 1. The van der Waals surface area contributed by atoms with Gasteiger partial charge in [-0.2, -0.15) is 0 Å². The second-order valence-electron chi connectivity index (χ2n) is 5.49. The number of rotatable bonds is 5. The van der Waals surface area contributed by atoms with Gasteiger partial charge in [-0.05, 0) is 42.9 Å². The maximum atomic E-state index is 12.2. The predicted octanol–water partition coefficient (Wildman–Crippen LogP) is 1.33. The summed E-state index contributed by atoms with van der Waals surface area (Å²) >= 11 is 0. The number of carbonyl (C=O) groups excluding carboxylic acids is 1. The van der Waals surface area contributed by atoms with E-state index in [4.69, 9.17) is 4.74 Å². The Morgan fingerprint density at radius 3 is 2.54 bits per heavy atom. The van der Waals surface area contributed by atoms with Gasteiger partial charge >= 0.3 is 0 Å². The van der Waals surface area contributed by atoms with Crippen molar-refractivity contribution >= 4 is 15.9 Å². The van der Waals surface area contributed by atoms with Gasteiger partial charge in [0.1, 0.15) is 11.9 Å². The molecule has 0 radical (unpaired) electrons. The van der Waals surface area contributed by atoms with Gasteiger partial charge in [0.25, 0.3) is 5.91 Å². The summed E-state index contributed by atoms with van der Waals surface area (Å²) in [6.07, 6.45) is 0.672. The number of benzene rings is 2. The zero-order valence-electron chi connectivity index (χ0n) is 13.2. The number of amides is 1. The number of para-hydroxylation sites is 1. The average molecular weight is 346 g/mol. The Kier molecular flexibility index (Phi) is 4.55. The van der Waals surface area contributed by atoms with Crippen LogP contribution in [0.2, 0.25) is 0 Å². The van der Waals surface area contributed by atoms with Crippen LogP contribution in [0.3, 0.4) is 0 Å². The van der Waals surface area contributed by atoms with E-state index in [2.05, 4.69) is 10.0 Å². The van der Waals surface area contributed by atoms with Crippen LogP contribution in [0.15, 0.2) is 53.4 Å². The Labute approximate surface area is 140 Å². The number of nitrogens with one attached hydrogen (secondary N) is 2. The number of sulfonamides is 1. The van der Waals surface area contributed by atoms with E-state index in [1.807, 2.05) is 24.3 Å². The molecule has 0 aliphatic carbocycles. The minimum atomic E-state index is -3.50. The molecule has 2 N–H and O–H groups in total. The smallest absolute Gasteiger partial charge is 0.251 e. The third kappa shape index (κ3) is 3.42. The lowest BCUT2D eigenvalue weighted by Gasteiger charge is -2.12. The quantitative estimate of drug-likeness (QED) is 0.855. The van der Waals surface area contributed by atoms with Crippen molar-refractivity contribution in [1.29, 1.82) is 0 Å². The third-order valence-electron chi connectivity index (χ3n) is 3.90. The number of hydrogen-bond donors (Lipinski definition) is 2. The largest absolute Gasteiger partial charge is 0.488 e. The van der Waals surface area contributed by atoms with Crippen LogP contribution in [0.25, 0.3) is 0 Å². The van der Waals surface area contributed by atoms with Crippen LogP contribution in [-0.2, 0) is 16.4 Å². The number of ether oxygens (including phenoxy) is 1. The second kappa shape index (κ2) is 6.62. The molecule has 0 unspecified atom stereocenters. The fraction of sp³-hybridized carbons (Fsp3) is 0.235. The van der Waals surface area contributed by atoms with Gasteiger partial charge in [-0.3, -0.25) is 4.79 Å². The van der Waals surface area contributed by atoms with Crippen molar-refractivity contribution in [2.75, 3.05) is 13.6 Å². The van der Waals surface area contributed by atoms with Crippen molar-refractivity contribution in [3.05, 3.63) is 59.7 Å². The van der Waals surface area contributed by atoms with Crippen molar-refractivity contribution < 1.29 is 17.9 Å². The molecule has 2 aromatic rings. The molecule has 0 fully saturated rings. The molecular weight excluding hydrogens is 328 g/mol. The predicted molar refractivity (Wildman–Crippen MR) is 89.6 cm³/mol. The molecule has 1 atom stereocenters. The van der Waals surface area contributed by atoms with Crippen molar-refractivity contribution in [1.82, 2.24) is 10.0 Å². The number of carbonyl (C=O) groups is 1. The Morgan fingerprint density at radius 1 is 1.17 bits per heavy atom. The Morgan fingerprint density at radius 2 is 1.88 bits per heavy atom. The fourth-order valence-electron chi connectivity index (χ4n) is 2.58. The van der Waals surface area contributed by atoms with Gasteiger partial charge in [-0.1, -0.05) is 18.2 Å². The summed E-state index contributed by atoms with van der Waals surface area (Å²) < 4.78 is 31.3. The molecule has 7 heteroatoms. The minimum absolute atomic E-state index is 0.0877. The molecule has 0 saturated heterocycles. The highest BCUT2D eigenvalue weighted by Gasteiger charge is 2.22. The van der Waals surface area contributed by atoms with Gasteiger partial charge < -0.3 is 10.1 Å². The molecule has 2 aromatic carbocycles. The first-order valence-electron chi connectivity index (χ1n) is 7.56. The van der Waals surface area contributed by atoms with Crippen molar-refractivity contribution in [2.45, 2.75) is 17.4 Å². The van der Waals surface area contributed by atoms with Crippen LogP contribution in [0.1, 0.15) is 15.9 Å². The Bertz CT molecular complexity index is 822. The second-order valence-corrected chi connectivity index (χ2v) is 7.38. The van der Waals surface area contributed by atoms with E-state index < -0.39 is 10.0 Å². The molecule has 0 saturated carbocycles. The summed E-state index contributed by atoms with van der Waals surface area (Å²) in [4.78, 5) is 12.3. The first-order valence-corrected chi connectivity index (χ1v) is 9.04. The highest BCUT2D eigenvalue weighted by molar-refractivity contribution is 7.89. The molecule has 1 aliphatic heterocycles. The molecule has 0 aromatic heterocycles. The maximum Gasteiger partial charge on any atom is 0.251 e. The van der Waals surface area contributed by atoms with Gasteiger partial charge in [0.05, 0.1) is 11.4 Å². The van der Waals surface area contributed by atoms with Crippen LogP contribution in [0.5, 0.6) is 5.75 Å². The summed E-state index contributed by atoms with van der Waals surface area (Å²) in [7, 11) is -2.16. The van der Waals surface area contributed by atoms with E-state index in [-0.39, 0.29) is 16.9 Å². The lowest BCUT2D eigenvalue weighted by molar-refractivity contribution is 0.0933. The van der Waals surface area contributed by atoms with Crippen LogP contribution >= 0.6 is 0 Å². The monoisotopic (exact) mass is 346 g/mol. The first-order chi connectivity index (χ1) is 11.5. The summed E-state index contributed by atoms with van der Waals surface area (Å²) in [5.74, 6) is 0.598. The zero-order chi connectivity index (χ0) is 17.2. The molecule has 6 nitrogen and oxygen atoms in total. The molecule has 24 heavy (non-hydrogen) atoms. The van der Waals surface area contributed by atoms with Crippen LogP contribution < -0.4 is 14.8 Å². The van der Waals surface area contributed by atoms with E-state index >= 15 is 0 Å². The molecule has 1 amide bonds. The highest BCUT2D eigenvalue weighted by Crippen LogP contribution is 2.27. The Hall–Kier alpha value is -2.38. The van der Waals surface area contributed by atoms with Gasteiger partial charge in [0.15, 0.2) is 0 Å². The van der Waals surface area contributed by atoms with Crippen molar-refractivity contribution in [2.24, 2.45) is 0 Å². The number of hydrogen-bond acceptors (Lipinski definition) is 4. The first kappa shape index (κ1) is 16.5. The molecule has 126 valence electrons. The maximum absolute atomic E-state index is 12.2. The van der Waals surface area contributed by atoms with Crippen LogP contribution in [0, 0.1) is 0 Å². The van der Waals surface area contributed by atoms with E-state index in [1.54, 1.807) is 0 Å². The minimum Gasteiger partial charge on any atom is -0.488 e. The van der Waals surface area contributed by atoms with E-state index in [1.165, 1.54) is 31.3 Å². The lowest BCUT2D eigenvalue weighted by Crippen LogP contribution is -2.34. The zero-order valence-corrected chi connectivity index (χ0v) is 14.0. The van der Waals surface area contributed by atoms with Gasteiger partial charge in [-0.25, -0.2) is 13.1 Å². The molecule has 1 heterocycles. The summed E-state index contributed by atoms with van der Waals surface area (Å²) in [6, 6.07) is 13.6. The molecule has 1 aliphatic rings. The van der Waals surface area contributed by atoms with Crippen molar-refractivity contribution in [3.63, 3.8) is 0 Å². The standard InChI is InChI=1S/C17H18N2O4S/c1-18-24(21,22)15-8-6-12(7-9-15)17(20)19-11-14-10-13-4-2-3-5-16(13)23-14/h2-9,14,18H,10-11H2,1H3,(H,19,20)/t14-/m1/s1. The summed E-state index contributed by atoms with van der Waals surface area (Å²) in [5.41, 5.74) is 1.54. The molecule has 0 spiro atoms. The Balaban J connectivity index is 1.58. The van der Waals surface area contributed by atoms with Gasteiger partial charge in [0, 0.05) is 12.0 Å². The lowest BCUT2D eigenvalue weighted by atomic mass is 10.1. The third-order valence-corrected chi connectivity index (χ3v) is 5.33. The van der Waals surface area contributed by atoms with E-state index in [9.17, 15) is 13.2 Å². The average Bonchev–Trinajstić information content (AvgIpc) is 3.02. The van der Waals surface area contributed by atoms with Gasteiger partial charge in [-0.15, -0.1) is 0 Å². The molecule has 0 bridgehead atoms. The van der Waals surface area contributed by atoms with Crippen LogP contribution in [-0.4, -0.2) is 34.0 Å². The highest BCUT2D eigenvalue weighted by atomic mass is 32.2. The summed E-state index contributed by atoms with van der Waals surface area (Å²) in [5, 5.41) is 2.82. The van der Waals surface area contributed by atoms with Crippen molar-refractivity contribution in [3.8, 4) is 5.75 Å². The van der Waals surface area contributed by atoms with Gasteiger partial charge in [0.2, 0.25) is 10.0 Å². The normalized spacial score (nSPS) is 16.3. The van der Waals surface area contributed by atoms with E-state index in [0.29, 0.717) is 12.1 Å². The van der Waals surface area contributed by atoms with Crippen LogP contribution in [0.4, 0.5) is 0 Å². The molecular formula is C17H18N2O4S. The topological polar surface area (TPSA) is 84.5 Å². The molecule has 3 rings (SSSR count).